The van der Waals surface area contributed by atoms with Gasteiger partial charge in [0.05, 0.1) is 12.2 Å². The molecule has 1 unspecified atom stereocenters. The van der Waals surface area contributed by atoms with Crippen molar-refractivity contribution >= 4 is 34.4 Å². The minimum atomic E-state index is -0.350. The van der Waals surface area contributed by atoms with Crippen LogP contribution in [0.5, 0.6) is 0 Å². The number of rotatable bonds is 9. The van der Waals surface area contributed by atoms with Gasteiger partial charge in [-0.1, -0.05) is 12.8 Å². The van der Waals surface area contributed by atoms with Gasteiger partial charge in [-0.05, 0) is 56.7 Å². The molecule has 7 nitrogen and oxygen atoms in total. The van der Waals surface area contributed by atoms with Gasteiger partial charge in [0, 0.05) is 49.1 Å². The molecular weight excluding hydrogens is 406 g/mol. The van der Waals surface area contributed by atoms with E-state index in [1.165, 1.54) is 6.42 Å². The van der Waals surface area contributed by atoms with Gasteiger partial charge >= 0.3 is 0 Å². The number of anilines is 1. The maximum atomic E-state index is 12.2. The van der Waals surface area contributed by atoms with E-state index in [1.807, 2.05) is 23.1 Å². The Hall–Kier alpha value is -2.83. The molecule has 2 saturated heterocycles. The summed E-state index contributed by atoms with van der Waals surface area (Å²) in [5.41, 5.74) is 2.58. The lowest BCUT2D eigenvalue weighted by molar-refractivity contribution is -0.134. The maximum absolute atomic E-state index is 12.2. The molecule has 7 heteroatoms. The van der Waals surface area contributed by atoms with Gasteiger partial charge in [0.15, 0.2) is 0 Å². The zero-order valence-corrected chi connectivity index (χ0v) is 18.7. The fraction of sp³-hybridized carbons (Fsp3) is 0.560. The molecule has 1 aromatic heterocycles. The number of unbranched alkanes of at least 4 members (excludes halogenated alkanes) is 3. The lowest BCUT2D eigenvalue weighted by atomic mass is 9.90. The van der Waals surface area contributed by atoms with Gasteiger partial charge in [0.2, 0.25) is 17.7 Å². The molecule has 172 valence electrons. The summed E-state index contributed by atoms with van der Waals surface area (Å²) >= 11 is 0. The Labute approximate surface area is 188 Å². The number of hydrogen-bond donors (Lipinski definition) is 2. The van der Waals surface area contributed by atoms with Crippen LogP contribution in [0.1, 0.15) is 75.7 Å². The molecule has 1 aromatic carbocycles. The molecule has 3 heterocycles. The highest BCUT2D eigenvalue weighted by atomic mass is 16.3. The van der Waals surface area contributed by atoms with E-state index in [0.29, 0.717) is 25.2 Å². The predicted molar refractivity (Wildman–Crippen MR) is 123 cm³/mol. The van der Waals surface area contributed by atoms with E-state index in [4.69, 9.17) is 4.42 Å². The van der Waals surface area contributed by atoms with Crippen LogP contribution in [-0.2, 0) is 14.4 Å². The summed E-state index contributed by atoms with van der Waals surface area (Å²) in [7, 11) is 0. The number of imide groups is 1. The summed E-state index contributed by atoms with van der Waals surface area (Å²) < 4.78 is 5.64. The Bertz CT molecular complexity index is 961. The molecule has 1 atom stereocenters. The number of nitrogens with one attached hydrogen (secondary N) is 2. The molecular formula is C25H33N3O4. The fourth-order valence-corrected chi connectivity index (χ4v) is 4.71. The number of benzene rings is 1. The predicted octanol–water partition coefficient (Wildman–Crippen LogP) is 4.33. The summed E-state index contributed by atoms with van der Waals surface area (Å²) in [6.45, 7) is 2.74. The van der Waals surface area contributed by atoms with Crippen LogP contribution in [-0.4, -0.2) is 42.3 Å². The second-order valence-corrected chi connectivity index (χ2v) is 8.94. The van der Waals surface area contributed by atoms with Crippen molar-refractivity contribution in [1.82, 2.24) is 10.2 Å². The third-order valence-electron chi connectivity index (χ3n) is 6.57. The minimum absolute atomic E-state index is 0.211. The summed E-state index contributed by atoms with van der Waals surface area (Å²) in [6, 6.07) is 5.92. The summed E-state index contributed by atoms with van der Waals surface area (Å²) in [5.74, 6) is -0.488. The third-order valence-corrected chi connectivity index (χ3v) is 6.57. The highest BCUT2D eigenvalue weighted by Crippen LogP contribution is 2.33. The highest BCUT2D eigenvalue weighted by molar-refractivity contribution is 6.03. The van der Waals surface area contributed by atoms with Gasteiger partial charge in [-0.25, -0.2) is 0 Å². The molecule has 2 aliphatic heterocycles. The number of carbonyl (C=O) groups excluding carboxylic acids is 3. The summed E-state index contributed by atoms with van der Waals surface area (Å²) in [6.07, 6.45) is 10.9. The van der Waals surface area contributed by atoms with Crippen LogP contribution >= 0.6 is 0 Å². The molecule has 2 N–H and O–H groups in total. The van der Waals surface area contributed by atoms with Crippen LogP contribution < -0.4 is 10.6 Å². The molecule has 0 saturated carbocycles. The van der Waals surface area contributed by atoms with E-state index in [-0.39, 0.29) is 17.7 Å². The smallest absolute Gasteiger partial charge is 0.234 e. The monoisotopic (exact) mass is 439 g/mol. The van der Waals surface area contributed by atoms with Gasteiger partial charge in [-0.2, -0.15) is 0 Å². The lowest BCUT2D eigenvalue weighted by Gasteiger charge is -2.26. The first-order valence-electron chi connectivity index (χ1n) is 12.0. The highest BCUT2D eigenvalue weighted by Gasteiger charge is 2.30. The van der Waals surface area contributed by atoms with Crippen molar-refractivity contribution in [3.8, 4) is 0 Å². The second-order valence-electron chi connectivity index (χ2n) is 8.94. The maximum Gasteiger partial charge on any atom is 0.234 e. The number of nitrogens with zero attached hydrogens (tertiary/aromatic N) is 1. The van der Waals surface area contributed by atoms with E-state index in [1.54, 1.807) is 6.26 Å². The van der Waals surface area contributed by atoms with Gasteiger partial charge in [0.1, 0.15) is 5.58 Å². The minimum Gasteiger partial charge on any atom is -0.464 e. The van der Waals surface area contributed by atoms with Crippen molar-refractivity contribution in [2.24, 2.45) is 0 Å². The topological polar surface area (TPSA) is 91.7 Å². The molecule has 4 rings (SSSR count). The molecule has 32 heavy (non-hydrogen) atoms. The zero-order chi connectivity index (χ0) is 22.3. The first kappa shape index (κ1) is 22.4. The molecule has 0 spiro atoms. The number of hydrogen-bond acceptors (Lipinski definition) is 5. The van der Waals surface area contributed by atoms with Crippen LogP contribution in [0.15, 0.2) is 28.9 Å². The number of amides is 3. The van der Waals surface area contributed by atoms with E-state index < -0.39 is 0 Å². The van der Waals surface area contributed by atoms with E-state index in [2.05, 4.69) is 10.6 Å². The van der Waals surface area contributed by atoms with Crippen LogP contribution in [0, 0.1) is 0 Å². The van der Waals surface area contributed by atoms with Gasteiger partial charge in [-0.3, -0.25) is 19.7 Å². The number of carbonyl (C=O) groups is 3. The second kappa shape index (κ2) is 10.7. The standard InChI is InChI=1S/C25H33N3O4/c29-23-12-10-19(25(31)27-23)21-17-32-22-11-9-18(16-20(21)22)26-13-5-2-1-4-8-24(30)28-14-6-3-7-15-28/h9,11,16-17,19,26H,1-8,10,12-15H2,(H,27,29,31). The van der Waals surface area contributed by atoms with Crippen molar-refractivity contribution in [2.45, 2.75) is 70.1 Å². The SMILES string of the molecule is O=C1CCC(c2coc3ccc(NCCCCCCC(=O)N4CCCCC4)cc23)C(=O)N1. The lowest BCUT2D eigenvalue weighted by Crippen LogP contribution is -2.39. The molecule has 0 radical (unpaired) electrons. The Morgan fingerprint density at radius 1 is 1.09 bits per heavy atom. The number of furan rings is 1. The number of piperidine rings is 2. The van der Waals surface area contributed by atoms with E-state index in [0.717, 1.165) is 80.4 Å². The summed E-state index contributed by atoms with van der Waals surface area (Å²) in [4.78, 5) is 37.9. The van der Waals surface area contributed by atoms with Crippen LogP contribution in [0.25, 0.3) is 11.0 Å². The first-order chi connectivity index (χ1) is 15.6. The van der Waals surface area contributed by atoms with Crippen LogP contribution in [0.4, 0.5) is 5.69 Å². The Morgan fingerprint density at radius 3 is 2.72 bits per heavy atom. The van der Waals surface area contributed by atoms with Gasteiger partial charge in [-0.15, -0.1) is 0 Å². The fourth-order valence-electron chi connectivity index (χ4n) is 4.71. The molecule has 0 aliphatic carbocycles. The van der Waals surface area contributed by atoms with E-state index >= 15 is 0 Å². The van der Waals surface area contributed by atoms with Crippen molar-refractivity contribution in [3.63, 3.8) is 0 Å². The quantitative estimate of drug-likeness (QED) is 0.448. The number of fused-ring (bicyclic) bond motifs is 1. The number of likely N-dealkylation sites (tertiary alicyclic amines) is 1. The average Bonchev–Trinajstić information content (AvgIpc) is 3.22. The molecule has 2 aliphatic rings. The third kappa shape index (κ3) is 5.50. The molecule has 2 fully saturated rings. The van der Waals surface area contributed by atoms with Gasteiger partial charge < -0.3 is 14.6 Å². The van der Waals surface area contributed by atoms with Crippen molar-refractivity contribution in [1.29, 1.82) is 0 Å². The Balaban J connectivity index is 1.20. The Morgan fingerprint density at radius 2 is 1.91 bits per heavy atom. The van der Waals surface area contributed by atoms with Crippen molar-refractivity contribution < 1.29 is 18.8 Å². The van der Waals surface area contributed by atoms with E-state index in [9.17, 15) is 14.4 Å². The average molecular weight is 440 g/mol. The Kier molecular flexibility index (Phi) is 7.45. The molecule has 0 bridgehead atoms. The first-order valence-corrected chi connectivity index (χ1v) is 12.0. The van der Waals surface area contributed by atoms with Crippen LogP contribution in [0.3, 0.4) is 0 Å². The molecule has 2 aromatic rings. The zero-order valence-electron chi connectivity index (χ0n) is 18.7. The van der Waals surface area contributed by atoms with Gasteiger partial charge in [0.25, 0.3) is 0 Å². The normalized spacial score (nSPS) is 19.2. The van der Waals surface area contributed by atoms with Crippen molar-refractivity contribution in [2.75, 3.05) is 25.0 Å². The molecule has 3 amide bonds. The summed E-state index contributed by atoms with van der Waals surface area (Å²) in [5, 5.41) is 6.79. The largest absolute Gasteiger partial charge is 0.464 e. The van der Waals surface area contributed by atoms with Crippen molar-refractivity contribution in [3.05, 3.63) is 30.0 Å². The van der Waals surface area contributed by atoms with Crippen LogP contribution in [0.2, 0.25) is 0 Å².